The fourth-order valence-corrected chi connectivity index (χ4v) is 5.41. The number of nitrogens with zero attached hydrogens (tertiary/aromatic N) is 6. The van der Waals surface area contributed by atoms with E-state index in [-0.39, 0.29) is 5.41 Å². The Morgan fingerprint density at radius 1 is 1.08 bits per heavy atom. The Morgan fingerprint density at radius 2 is 1.79 bits per heavy atom. The maximum atomic E-state index is 11.4. The fraction of sp³-hybridized carbons (Fsp3) is 0.581. The number of piperazine rings is 1. The monoisotopic (exact) mass is 533 g/mol. The number of benzene rings is 1. The van der Waals surface area contributed by atoms with Crippen molar-refractivity contribution in [1.29, 1.82) is 0 Å². The highest BCUT2D eigenvalue weighted by Crippen LogP contribution is 2.34. The zero-order chi connectivity index (χ0) is 28.0. The van der Waals surface area contributed by atoms with Gasteiger partial charge in [-0.3, -0.25) is 9.80 Å². The molecule has 0 spiro atoms. The van der Waals surface area contributed by atoms with Gasteiger partial charge in [-0.15, -0.1) is 4.91 Å². The Bertz CT molecular complexity index is 1100. The van der Waals surface area contributed by atoms with Crippen molar-refractivity contribution in [3.8, 4) is 0 Å². The Balaban J connectivity index is 1.49. The summed E-state index contributed by atoms with van der Waals surface area (Å²) < 4.78 is 0. The molecule has 2 heterocycles. The zero-order valence-electron chi connectivity index (χ0n) is 24.7. The zero-order valence-corrected chi connectivity index (χ0v) is 24.7. The molecule has 8 nitrogen and oxygen atoms in total. The van der Waals surface area contributed by atoms with Crippen LogP contribution in [0.4, 0.5) is 17.2 Å². The lowest BCUT2D eigenvalue weighted by Gasteiger charge is -2.43. The average Bonchev–Trinajstić information content (AvgIpc) is 2.94. The number of hydrogen-bond donors (Lipinski definition) is 1. The smallest absolute Gasteiger partial charge is 0.175 e. The molecule has 2 aliphatic rings. The minimum absolute atomic E-state index is 0.108. The van der Waals surface area contributed by atoms with Gasteiger partial charge < -0.3 is 10.2 Å². The average molecular weight is 534 g/mol. The largest absolute Gasteiger partial charge is 0.381 e. The standard InChI is InChI=1S/C31H47N7O/c1-24(2)37-20-18-36(19-21-37)23-38(26-10-8-7-9-11-26)27-14-12-25(13-15-27)28-16-17-29(32-22-31(3,4)5)30(33-28)35(6)34-39/h7-12,16-17,24,27,32H,13-15,18-23H2,1-6H3. The molecule has 1 aromatic carbocycles. The second kappa shape index (κ2) is 12.9. The molecule has 1 saturated heterocycles. The molecule has 1 aliphatic carbocycles. The van der Waals surface area contributed by atoms with Gasteiger partial charge in [-0.25, -0.2) is 9.99 Å². The van der Waals surface area contributed by atoms with Crippen LogP contribution in [-0.4, -0.2) is 73.3 Å². The Kier molecular flexibility index (Phi) is 9.62. The van der Waals surface area contributed by atoms with Crippen molar-refractivity contribution in [2.45, 2.75) is 66.0 Å². The summed E-state index contributed by atoms with van der Waals surface area (Å²) in [7, 11) is 1.66. The van der Waals surface area contributed by atoms with Crippen molar-refractivity contribution in [1.82, 2.24) is 14.8 Å². The molecule has 1 N–H and O–H groups in total. The third-order valence-corrected chi connectivity index (χ3v) is 7.84. The second-order valence-corrected chi connectivity index (χ2v) is 12.4. The van der Waals surface area contributed by atoms with Crippen LogP contribution in [0.1, 0.15) is 59.6 Å². The molecule has 1 aliphatic heterocycles. The lowest BCUT2D eigenvalue weighted by Crippen LogP contribution is -2.53. The first-order chi connectivity index (χ1) is 18.6. The maximum absolute atomic E-state index is 11.4. The highest BCUT2D eigenvalue weighted by Gasteiger charge is 2.27. The summed E-state index contributed by atoms with van der Waals surface area (Å²) >= 11 is 0. The topological polar surface area (TPSA) is 67.3 Å². The summed E-state index contributed by atoms with van der Waals surface area (Å²) in [5.41, 5.74) is 4.40. The van der Waals surface area contributed by atoms with Gasteiger partial charge in [0, 0.05) is 57.5 Å². The van der Waals surface area contributed by atoms with Crippen LogP contribution in [0.3, 0.4) is 0 Å². The molecule has 2 aromatic rings. The van der Waals surface area contributed by atoms with Crippen LogP contribution < -0.4 is 15.2 Å². The number of anilines is 3. The van der Waals surface area contributed by atoms with Gasteiger partial charge in [0.05, 0.1) is 23.3 Å². The van der Waals surface area contributed by atoms with E-state index in [0.29, 0.717) is 17.9 Å². The predicted octanol–water partition coefficient (Wildman–Crippen LogP) is 6.08. The molecular weight excluding hydrogens is 486 g/mol. The van der Waals surface area contributed by atoms with Crippen molar-refractivity contribution in [2.75, 3.05) is 61.7 Å². The molecule has 212 valence electrons. The lowest BCUT2D eigenvalue weighted by molar-refractivity contribution is 0.106. The Labute approximate surface area is 235 Å². The third kappa shape index (κ3) is 7.79. The number of rotatable bonds is 10. The van der Waals surface area contributed by atoms with Crippen LogP contribution in [0, 0.1) is 10.3 Å². The van der Waals surface area contributed by atoms with E-state index in [2.05, 4.69) is 102 Å². The van der Waals surface area contributed by atoms with Gasteiger partial charge in [-0.2, -0.15) is 0 Å². The minimum atomic E-state index is 0.108. The van der Waals surface area contributed by atoms with Gasteiger partial charge in [-0.1, -0.05) is 45.0 Å². The van der Waals surface area contributed by atoms with E-state index in [4.69, 9.17) is 4.98 Å². The number of hydrogen-bond acceptors (Lipinski definition) is 7. The molecule has 0 bridgehead atoms. The molecule has 1 fully saturated rings. The highest BCUT2D eigenvalue weighted by atomic mass is 16.3. The van der Waals surface area contributed by atoms with Gasteiger partial charge >= 0.3 is 0 Å². The molecule has 4 rings (SSSR count). The number of para-hydroxylation sites is 1. The summed E-state index contributed by atoms with van der Waals surface area (Å²) in [5.74, 6) is 0.571. The van der Waals surface area contributed by atoms with E-state index in [1.165, 1.54) is 16.3 Å². The van der Waals surface area contributed by atoms with Gasteiger partial charge in [0.25, 0.3) is 0 Å². The predicted molar refractivity (Wildman–Crippen MR) is 164 cm³/mol. The second-order valence-electron chi connectivity index (χ2n) is 12.4. The maximum Gasteiger partial charge on any atom is 0.175 e. The normalized spacial score (nSPS) is 19.1. The first-order valence-corrected chi connectivity index (χ1v) is 14.4. The van der Waals surface area contributed by atoms with E-state index in [1.807, 2.05) is 6.07 Å². The van der Waals surface area contributed by atoms with E-state index < -0.39 is 0 Å². The molecule has 0 amide bonds. The van der Waals surface area contributed by atoms with Gasteiger partial charge in [0.15, 0.2) is 5.82 Å². The van der Waals surface area contributed by atoms with Crippen LogP contribution in [0.5, 0.6) is 0 Å². The van der Waals surface area contributed by atoms with E-state index in [0.717, 1.165) is 70.0 Å². The number of aromatic nitrogens is 1. The van der Waals surface area contributed by atoms with E-state index >= 15 is 0 Å². The van der Waals surface area contributed by atoms with Crippen LogP contribution >= 0.6 is 0 Å². The molecule has 39 heavy (non-hydrogen) atoms. The van der Waals surface area contributed by atoms with Gasteiger partial charge in [-0.05, 0) is 68.4 Å². The van der Waals surface area contributed by atoms with Crippen molar-refractivity contribution in [3.05, 3.63) is 59.1 Å². The van der Waals surface area contributed by atoms with Crippen molar-refractivity contribution < 1.29 is 0 Å². The molecule has 0 radical (unpaired) electrons. The summed E-state index contributed by atoms with van der Waals surface area (Å²) in [6.45, 7) is 17.3. The summed E-state index contributed by atoms with van der Waals surface area (Å²) in [6.07, 6.45) is 5.34. The number of pyridine rings is 1. The molecule has 1 aromatic heterocycles. The quantitative estimate of drug-likeness (QED) is 0.293. The van der Waals surface area contributed by atoms with Gasteiger partial charge in [0.1, 0.15) is 0 Å². The van der Waals surface area contributed by atoms with Crippen LogP contribution in [0.25, 0.3) is 5.57 Å². The summed E-state index contributed by atoms with van der Waals surface area (Å²) in [5, 5.41) is 7.90. The molecule has 8 heteroatoms. The Hall–Kier alpha value is -2.97. The molecular formula is C31H47N7O. The van der Waals surface area contributed by atoms with Crippen molar-refractivity contribution in [2.24, 2.45) is 10.7 Å². The number of nitrogens with one attached hydrogen (secondary N) is 1. The minimum Gasteiger partial charge on any atom is -0.381 e. The third-order valence-electron chi connectivity index (χ3n) is 7.84. The highest BCUT2D eigenvalue weighted by molar-refractivity contribution is 5.72. The number of allylic oxidation sites excluding steroid dienone is 1. The first kappa shape index (κ1) is 29.0. The van der Waals surface area contributed by atoms with Crippen molar-refractivity contribution >= 4 is 22.8 Å². The lowest BCUT2D eigenvalue weighted by atomic mass is 9.91. The SMILES string of the molecule is CC(C)N1CCN(CN(c2ccccc2)C2CC=C(c3ccc(NCC(C)(C)C)c(N(C)N=O)n3)CC2)CC1. The molecule has 0 saturated carbocycles. The van der Waals surface area contributed by atoms with Crippen molar-refractivity contribution in [3.63, 3.8) is 0 Å². The van der Waals surface area contributed by atoms with Crippen LogP contribution in [0.15, 0.2) is 53.8 Å². The summed E-state index contributed by atoms with van der Waals surface area (Å²) in [4.78, 5) is 24.1. The first-order valence-electron chi connectivity index (χ1n) is 14.4. The Morgan fingerprint density at radius 3 is 2.38 bits per heavy atom. The number of nitroso groups, excluding NO2 is 1. The molecule has 1 unspecified atom stereocenters. The van der Waals surface area contributed by atoms with E-state index in [9.17, 15) is 4.91 Å². The van der Waals surface area contributed by atoms with Crippen LogP contribution in [-0.2, 0) is 0 Å². The van der Waals surface area contributed by atoms with Crippen LogP contribution in [0.2, 0.25) is 0 Å². The van der Waals surface area contributed by atoms with E-state index in [1.54, 1.807) is 7.05 Å². The van der Waals surface area contributed by atoms with Gasteiger partial charge in [0.2, 0.25) is 0 Å². The summed E-state index contributed by atoms with van der Waals surface area (Å²) in [6, 6.07) is 16.0. The fourth-order valence-electron chi connectivity index (χ4n) is 5.41. The molecule has 1 atom stereocenters.